The number of hydrogen-bond acceptors (Lipinski definition) is 3. The maximum absolute atomic E-state index is 12.1. The summed E-state index contributed by atoms with van der Waals surface area (Å²) >= 11 is 0. The van der Waals surface area contributed by atoms with Crippen molar-refractivity contribution < 1.29 is 9.53 Å². The summed E-state index contributed by atoms with van der Waals surface area (Å²) in [6, 6.07) is 2.31. The summed E-state index contributed by atoms with van der Waals surface area (Å²) in [7, 11) is 0. The largest absolute Gasteiger partial charge is 0.444 e. The van der Waals surface area contributed by atoms with Crippen LogP contribution >= 0.6 is 0 Å². The van der Waals surface area contributed by atoms with E-state index in [0.717, 1.165) is 6.42 Å². The monoisotopic (exact) mass is 234 g/mol. The lowest BCUT2D eigenvalue weighted by atomic mass is 9.98. The van der Waals surface area contributed by atoms with Gasteiger partial charge in [0.2, 0.25) is 0 Å². The Morgan fingerprint density at radius 3 is 2.59 bits per heavy atom. The first-order valence-corrected chi connectivity index (χ1v) is 6.33. The molecule has 4 nitrogen and oxygen atoms in total. The number of hydrogen-bond donors (Lipinski definition) is 0. The molecule has 1 aliphatic heterocycles. The zero-order valence-corrected chi connectivity index (χ0v) is 10.5. The fourth-order valence-corrected chi connectivity index (χ4v) is 3.62. The van der Waals surface area contributed by atoms with Crippen LogP contribution in [0.2, 0.25) is 0 Å². The van der Waals surface area contributed by atoms with Crippen molar-refractivity contribution in [1.29, 1.82) is 5.26 Å². The summed E-state index contributed by atoms with van der Waals surface area (Å²) in [5.74, 6) is 1.77. The number of amides is 1. The predicted molar refractivity (Wildman–Crippen MR) is 61.0 cm³/mol. The minimum absolute atomic E-state index is 0.251. The van der Waals surface area contributed by atoms with Gasteiger partial charge in [-0.05, 0) is 51.4 Å². The molecule has 2 bridgehead atoms. The molecule has 5 unspecified atom stereocenters. The van der Waals surface area contributed by atoms with E-state index in [9.17, 15) is 10.1 Å². The summed E-state index contributed by atoms with van der Waals surface area (Å²) in [4.78, 5) is 13.8. The average Bonchev–Trinajstić information content (AvgIpc) is 2.82. The number of likely N-dealkylation sites (tertiary alicyclic amines) is 1. The third-order valence-electron chi connectivity index (χ3n) is 4.25. The number of piperidine rings is 1. The topological polar surface area (TPSA) is 53.3 Å². The van der Waals surface area contributed by atoms with Gasteiger partial charge in [0.25, 0.3) is 0 Å². The minimum Gasteiger partial charge on any atom is -0.444 e. The van der Waals surface area contributed by atoms with Crippen LogP contribution in [0.1, 0.15) is 33.6 Å². The summed E-state index contributed by atoms with van der Waals surface area (Å²) in [6.07, 6.45) is 1.90. The number of carbonyl (C=O) groups excluding carboxylic acids is 1. The Morgan fingerprint density at radius 2 is 2.00 bits per heavy atom. The number of ether oxygens (including phenoxy) is 1. The van der Waals surface area contributed by atoms with Gasteiger partial charge in [-0.2, -0.15) is 5.26 Å². The normalized spacial score (nSPS) is 42.0. The molecule has 0 spiro atoms. The van der Waals surface area contributed by atoms with E-state index in [0.29, 0.717) is 17.8 Å². The Balaban J connectivity index is 1.79. The van der Waals surface area contributed by atoms with Gasteiger partial charge in [-0.15, -0.1) is 0 Å². The van der Waals surface area contributed by atoms with Crippen LogP contribution in [0.15, 0.2) is 0 Å². The lowest BCUT2D eigenvalue weighted by Crippen LogP contribution is -2.47. The molecule has 17 heavy (non-hydrogen) atoms. The second kappa shape index (κ2) is 3.16. The van der Waals surface area contributed by atoms with Gasteiger partial charge in [-0.25, -0.2) is 4.79 Å². The first-order chi connectivity index (χ1) is 7.92. The maximum Gasteiger partial charge on any atom is 0.411 e. The van der Waals surface area contributed by atoms with Crippen LogP contribution in [0.3, 0.4) is 0 Å². The van der Waals surface area contributed by atoms with E-state index >= 15 is 0 Å². The van der Waals surface area contributed by atoms with E-state index in [1.54, 1.807) is 4.90 Å². The molecule has 3 aliphatic rings. The molecule has 1 amide bonds. The van der Waals surface area contributed by atoms with Crippen molar-refractivity contribution in [2.24, 2.45) is 17.8 Å². The SMILES string of the molecule is CC(C)(C)OC(=O)N1C(C#N)C2CC1C1CC21. The Kier molecular flexibility index (Phi) is 2.02. The van der Waals surface area contributed by atoms with Crippen LogP contribution in [-0.4, -0.2) is 28.7 Å². The highest BCUT2D eigenvalue weighted by atomic mass is 16.6. The van der Waals surface area contributed by atoms with E-state index in [2.05, 4.69) is 6.07 Å². The molecular weight excluding hydrogens is 216 g/mol. The highest BCUT2D eigenvalue weighted by Gasteiger charge is 2.66. The zero-order valence-electron chi connectivity index (χ0n) is 10.5. The lowest BCUT2D eigenvalue weighted by molar-refractivity contribution is 0.0120. The first-order valence-electron chi connectivity index (χ1n) is 6.33. The number of nitriles is 1. The van der Waals surface area contributed by atoms with Gasteiger partial charge in [0, 0.05) is 6.04 Å². The van der Waals surface area contributed by atoms with Crippen molar-refractivity contribution in [2.75, 3.05) is 0 Å². The van der Waals surface area contributed by atoms with Gasteiger partial charge < -0.3 is 4.74 Å². The highest BCUT2D eigenvalue weighted by Crippen LogP contribution is 2.63. The molecule has 0 aromatic rings. The molecule has 5 atom stereocenters. The van der Waals surface area contributed by atoms with E-state index in [4.69, 9.17) is 4.74 Å². The van der Waals surface area contributed by atoms with E-state index in [1.165, 1.54) is 6.42 Å². The molecule has 0 N–H and O–H groups in total. The molecule has 4 heteroatoms. The second-order valence-electron chi connectivity index (χ2n) is 6.49. The molecular formula is C13H18N2O2. The van der Waals surface area contributed by atoms with Crippen molar-refractivity contribution in [2.45, 2.75) is 51.3 Å². The van der Waals surface area contributed by atoms with Gasteiger partial charge in [0.15, 0.2) is 0 Å². The molecule has 0 aromatic heterocycles. The Bertz CT molecular complexity index is 407. The van der Waals surface area contributed by atoms with Crippen molar-refractivity contribution in [3.8, 4) is 6.07 Å². The quantitative estimate of drug-likeness (QED) is 0.645. The summed E-state index contributed by atoms with van der Waals surface area (Å²) in [5.41, 5.74) is -0.484. The van der Waals surface area contributed by atoms with Crippen LogP contribution in [0.5, 0.6) is 0 Å². The van der Waals surface area contributed by atoms with Gasteiger partial charge in [-0.1, -0.05) is 0 Å². The molecule has 1 heterocycles. The summed E-state index contributed by atoms with van der Waals surface area (Å²) < 4.78 is 5.41. The smallest absolute Gasteiger partial charge is 0.411 e. The lowest BCUT2D eigenvalue weighted by Gasteiger charge is -2.32. The fourth-order valence-electron chi connectivity index (χ4n) is 3.62. The third-order valence-corrected chi connectivity index (χ3v) is 4.25. The van der Waals surface area contributed by atoms with Gasteiger partial charge in [0.05, 0.1) is 6.07 Å². The predicted octanol–water partition coefficient (Wildman–Crippen LogP) is 2.15. The van der Waals surface area contributed by atoms with Gasteiger partial charge >= 0.3 is 6.09 Å². The van der Waals surface area contributed by atoms with Crippen molar-refractivity contribution in [1.82, 2.24) is 4.90 Å². The Hall–Kier alpha value is -1.24. The zero-order chi connectivity index (χ0) is 12.4. The number of fused-ring (bicyclic) bond motifs is 5. The van der Waals surface area contributed by atoms with Crippen LogP contribution in [0.4, 0.5) is 4.79 Å². The van der Waals surface area contributed by atoms with Gasteiger partial charge in [0.1, 0.15) is 11.6 Å². The van der Waals surface area contributed by atoms with E-state index < -0.39 is 5.60 Å². The molecule has 0 aromatic carbocycles. The first kappa shape index (κ1) is 10.9. The van der Waals surface area contributed by atoms with Crippen molar-refractivity contribution >= 4 is 6.09 Å². The highest BCUT2D eigenvalue weighted by molar-refractivity contribution is 5.71. The molecule has 3 rings (SSSR count). The summed E-state index contributed by atoms with van der Waals surface area (Å²) in [6.45, 7) is 5.58. The van der Waals surface area contributed by atoms with E-state index in [1.807, 2.05) is 20.8 Å². The molecule has 2 aliphatic carbocycles. The maximum atomic E-state index is 12.1. The molecule has 3 fully saturated rings. The molecule has 2 saturated carbocycles. The number of rotatable bonds is 0. The van der Waals surface area contributed by atoms with Crippen molar-refractivity contribution in [3.63, 3.8) is 0 Å². The summed E-state index contributed by atoms with van der Waals surface area (Å²) in [5, 5.41) is 9.24. The van der Waals surface area contributed by atoms with Crippen LogP contribution in [0.25, 0.3) is 0 Å². The molecule has 92 valence electrons. The van der Waals surface area contributed by atoms with Crippen molar-refractivity contribution in [3.05, 3.63) is 0 Å². The standard InChI is InChI=1S/C13H18N2O2/c1-13(2,3)17-12(16)15-10-5-9(11(15)6-14)7-4-8(7)10/h7-11H,4-5H2,1-3H3. The Labute approximate surface area is 102 Å². The van der Waals surface area contributed by atoms with Crippen LogP contribution in [0, 0.1) is 29.1 Å². The number of carbonyl (C=O) groups is 1. The Morgan fingerprint density at radius 1 is 1.29 bits per heavy atom. The fraction of sp³-hybridized carbons (Fsp3) is 0.846. The average molecular weight is 234 g/mol. The second-order valence-corrected chi connectivity index (χ2v) is 6.49. The third kappa shape index (κ3) is 1.52. The molecule has 1 saturated heterocycles. The number of nitrogens with zero attached hydrogens (tertiary/aromatic N) is 2. The van der Waals surface area contributed by atoms with Crippen LogP contribution in [-0.2, 0) is 4.74 Å². The van der Waals surface area contributed by atoms with E-state index in [-0.39, 0.29) is 18.2 Å². The van der Waals surface area contributed by atoms with Crippen LogP contribution < -0.4 is 0 Å². The molecule has 0 radical (unpaired) electrons. The minimum atomic E-state index is -0.484. The van der Waals surface area contributed by atoms with Gasteiger partial charge in [-0.3, -0.25) is 4.90 Å².